The van der Waals surface area contributed by atoms with Crippen molar-refractivity contribution < 1.29 is 0 Å². The fourth-order valence-corrected chi connectivity index (χ4v) is 5.01. The molecule has 0 unspecified atom stereocenters. The summed E-state index contributed by atoms with van der Waals surface area (Å²) < 4.78 is 2.39. The first kappa shape index (κ1) is 15.1. The summed E-state index contributed by atoms with van der Waals surface area (Å²) in [6.07, 6.45) is 2.29. The van der Waals surface area contributed by atoms with Crippen LogP contribution in [-0.4, -0.2) is 4.40 Å². The third-order valence-electron chi connectivity index (χ3n) is 6.30. The van der Waals surface area contributed by atoms with Gasteiger partial charge in [-0.1, -0.05) is 78.9 Å². The number of pyridine rings is 1. The highest BCUT2D eigenvalue weighted by atomic mass is 14.9. The molecule has 134 valence electrons. The first-order chi connectivity index (χ1) is 14.4. The van der Waals surface area contributed by atoms with Crippen molar-refractivity contribution >= 4 is 59.5 Å². The SMILES string of the molecule is c1ccc2cc3c(cc2c1)c1c2ccccc2ccc1n1cc2ccccc2c31. The third kappa shape index (κ3) is 1.94. The van der Waals surface area contributed by atoms with Crippen molar-refractivity contribution in [1.82, 2.24) is 4.40 Å². The Hall–Kier alpha value is -3.84. The van der Waals surface area contributed by atoms with E-state index in [4.69, 9.17) is 0 Å². The summed E-state index contributed by atoms with van der Waals surface area (Å²) in [7, 11) is 0. The zero-order valence-electron chi connectivity index (χ0n) is 15.8. The minimum Gasteiger partial charge on any atom is -0.315 e. The largest absolute Gasteiger partial charge is 0.315 e. The van der Waals surface area contributed by atoms with Crippen LogP contribution in [0, 0.1) is 0 Å². The maximum atomic E-state index is 2.39. The molecular formula is C28H17N. The molecule has 0 aliphatic carbocycles. The fourth-order valence-electron chi connectivity index (χ4n) is 5.01. The van der Waals surface area contributed by atoms with Crippen molar-refractivity contribution in [3.63, 3.8) is 0 Å². The summed E-state index contributed by atoms with van der Waals surface area (Å²) in [4.78, 5) is 0. The molecule has 0 aliphatic heterocycles. The second kappa shape index (κ2) is 5.36. The number of rotatable bonds is 0. The highest BCUT2D eigenvalue weighted by Gasteiger charge is 2.15. The smallest absolute Gasteiger partial charge is 0.0613 e. The number of hydrogen-bond donors (Lipinski definition) is 0. The summed E-state index contributed by atoms with van der Waals surface area (Å²) >= 11 is 0. The quantitative estimate of drug-likeness (QED) is 0.191. The van der Waals surface area contributed by atoms with Crippen LogP contribution < -0.4 is 0 Å². The Morgan fingerprint density at radius 2 is 1.07 bits per heavy atom. The van der Waals surface area contributed by atoms with Gasteiger partial charge in [0.1, 0.15) is 0 Å². The Balaban J connectivity index is 1.90. The van der Waals surface area contributed by atoms with Crippen LogP contribution >= 0.6 is 0 Å². The topological polar surface area (TPSA) is 4.41 Å². The van der Waals surface area contributed by atoms with Gasteiger partial charge in [-0.25, -0.2) is 0 Å². The first-order valence-electron chi connectivity index (χ1n) is 10.0. The van der Waals surface area contributed by atoms with Crippen molar-refractivity contribution in [1.29, 1.82) is 0 Å². The van der Waals surface area contributed by atoms with Gasteiger partial charge in [-0.15, -0.1) is 0 Å². The molecule has 7 rings (SSSR count). The molecule has 0 fully saturated rings. The Morgan fingerprint density at radius 1 is 0.448 bits per heavy atom. The predicted molar refractivity (Wildman–Crippen MR) is 125 cm³/mol. The van der Waals surface area contributed by atoms with Gasteiger partial charge in [-0.2, -0.15) is 0 Å². The molecule has 0 atom stereocenters. The first-order valence-corrected chi connectivity index (χ1v) is 10.0. The number of benzene rings is 5. The summed E-state index contributed by atoms with van der Waals surface area (Å²) in [5.41, 5.74) is 2.56. The number of aromatic nitrogens is 1. The average molecular weight is 367 g/mol. The van der Waals surface area contributed by atoms with Gasteiger partial charge in [-0.05, 0) is 45.1 Å². The molecular weight excluding hydrogens is 350 g/mol. The Kier molecular flexibility index (Phi) is 2.80. The van der Waals surface area contributed by atoms with Gasteiger partial charge in [0.25, 0.3) is 0 Å². The van der Waals surface area contributed by atoms with E-state index >= 15 is 0 Å². The van der Waals surface area contributed by atoms with Gasteiger partial charge >= 0.3 is 0 Å². The van der Waals surface area contributed by atoms with E-state index in [9.17, 15) is 0 Å². The molecule has 2 aromatic heterocycles. The molecule has 1 nitrogen and oxygen atoms in total. The number of nitrogens with zero attached hydrogens (tertiary/aromatic N) is 1. The highest BCUT2D eigenvalue weighted by molar-refractivity contribution is 6.27. The van der Waals surface area contributed by atoms with E-state index in [0.29, 0.717) is 0 Å². The summed E-state index contributed by atoms with van der Waals surface area (Å²) in [6, 6.07) is 35.4. The lowest BCUT2D eigenvalue weighted by Gasteiger charge is -2.13. The third-order valence-corrected chi connectivity index (χ3v) is 6.30. The summed E-state index contributed by atoms with van der Waals surface area (Å²) in [5.74, 6) is 0. The van der Waals surface area contributed by atoms with Gasteiger partial charge < -0.3 is 4.40 Å². The number of hydrogen-bond acceptors (Lipinski definition) is 0. The monoisotopic (exact) mass is 367 g/mol. The second-order valence-electron chi connectivity index (χ2n) is 7.86. The molecule has 0 saturated carbocycles. The second-order valence-corrected chi connectivity index (χ2v) is 7.86. The van der Waals surface area contributed by atoms with Crippen LogP contribution in [0.4, 0.5) is 0 Å². The van der Waals surface area contributed by atoms with E-state index in [-0.39, 0.29) is 0 Å². The van der Waals surface area contributed by atoms with E-state index in [2.05, 4.69) is 108 Å². The highest BCUT2D eigenvalue weighted by Crippen LogP contribution is 2.39. The number of fused-ring (bicyclic) bond motifs is 11. The lowest BCUT2D eigenvalue weighted by Crippen LogP contribution is -1.91. The van der Waals surface area contributed by atoms with Crippen molar-refractivity contribution in [2.75, 3.05) is 0 Å². The van der Waals surface area contributed by atoms with Crippen LogP contribution in [-0.2, 0) is 0 Å². The molecule has 1 heteroatoms. The molecule has 5 aromatic carbocycles. The Morgan fingerprint density at radius 3 is 1.86 bits per heavy atom. The van der Waals surface area contributed by atoms with Gasteiger partial charge in [0, 0.05) is 27.7 Å². The van der Waals surface area contributed by atoms with Crippen LogP contribution in [0.1, 0.15) is 0 Å². The van der Waals surface area contributed by atoms with E-state index in [1.54, 1.807) is 0 Å². The van der Waals surface area contributed by atoms with Crippen LogP contribution in [0.5, 0.6) is 0 Å². The molecule has 0 bridgehead atoms. The van der Waals surface area contributed by atoms with Crippen molar-refractivity contribution in [3.05, 3.63) is 103 Å². The van der Waals surface area contributed by atoms with Crippen molar-refractivity contribution in [2.45, 2.75) is 0 Å². The van der Waals surface area contributed by atoms with E-state index in [0.717, 1.165) is 0 Å². The standard InChI is InChI=1S/C28H17N/c1-2-9-20-16-25-24(15-19(20)8-1)27-22-11-5-3-7-18(22)13-14-26(27)29-17-21-10-4-6-12-23(21)28(25)29/h1-17H. The van der Waals surface area contributed by atoms with Gasteiger partial charge in [0.2, 0.25) is 0 Å². The van der Waals surface area contributed by atoms with Gasteiger partial charge in [0.05, 0.1) is 11.0 Å². The average Bonchev–Trinajstić information content (AvgIpc) is 3.17. The van der Waals surface area contributed by atoms with Crippen LogP contribution in [0.15, 0.2) is 103 Å². The molecule has 0 N–H and O–H groups in total. The summed E-state index contributed by atoms with van der Waals surface area (Å²) in [5, 5.41) is 11.7. The lowest BCUT2D eigenvalue weighted by atomic mass is 9.96. The molecule has 0 aliphatic rings. The van der Waals surface area contributed by atoms with E-state index in [1.165, 1.54) is 59.5 Å². The zero-order chi connectivity index (χ0) is 18.9. The van der Waals surface area contributed by atoms with Crippen molar-refractivity contribution in [2.24, 2.45) is 0 Å². The zero-order valence-corrected chi connectivity index (χ0v) is 15.8. The predicted octanol–water partition coefficient (Wildman–Crippen LogP) is 7.71. The molecule has 0 amide bonds. The maximum Gasteiger partial charge on any atom is 0.0613 e. The van der Waals surface area contributed by atoms with Gasteiger partial charge in [-0.3, -0.25) is 0 Å². The van der Waals surface area contributed by atoms with E-state index in [1.807, 2.05) is 0 Å². The normalized spacial score (nSPS) is 12.1. The minimum atomic E-state index is 1.26. The van der Waals surface area contributed by atoms with E-state index < -0.39 is 0 Å². The van der Waals surface area contributed by atoms with Crippen LogP contribution in [0.25, 0.3) is 59.5 Å². The molecule has 0 saturated heterocycles. The molecule has 7 aromatic rings. The van der Waals surface area contributed by atoms with Crippen LogP contribution in [0.3, 0.4) is 0 Å². The molecule has 2 heterocycles. The Labute approximate surface area is 167 Å². The fraction of sp³-hybridized carbons (Fsp3) is 0. The molecule has 29 heavy (non-hydrogen) atoms. The molecule has 0 spiro atoms. The Bertz CT molecular complexity index is 1750. The van der Waals surface area contributed by atoms with Crippen molar-refractivity contribution in [3.8, 4) is 0 Å². The minimum absolute atomic E-state index is 1.26. The van der Waals surface area contributed by atoms with Gasteiger partial charge in [0.15, 0.2) is 0 Å². The maximum absolute atomic E-state index is 2.39. The lowest BCUT2D eigenvalue weighted by molar-refractivity contribution is 1.30. The summed E-state index contributed by atoms with van der Waals surface area (Å²) in [6.45, 7) is 0. The molecule has 0 radical (unpaired) electrons. The van der Waals surface area contributed by atoms with Crippen LogP contribution in [0.2, 0.25) is 0 Å².